The van der Waals surface area contributed by atoms with Gasteiger partial charge in [0.25, 0.3) is 0 Å². The van der Waals surface area contributed by atoms with Crippen LogP contribution < -0.4 is 5.32 Å². The number of amides is 1. The van der Waals surface area contributed by atoms with E-state index >= 15 is 0 Å². The molecule has 2 heterocycles. The summed E-state index contributed by atoms with van der Waals surface area (Å²) < 4.78 is 31.8. The summed E-state index contributed by atoms with van der Waals surface area (Å²) in [4.78, 5) is 12.5. The van der Waals surface area contributed by atoms with Crippen molar-refractivity contribution < 1.29 is 17.7 Å². The van der Waals surface area contributed by atoms with Crippen LogP contribution in [0.1, 0.15) is 24.1 Å². The van der Waals surface area contributed by atoms with Gasteiger partial charge in [-0.15, -0.1) is 0 Å². The van der Waals surface area contributed by atoms with E-state index < -0.39 is 10.0 Å². The lowest BCUT2D eigenvalue weighted by atomic mass is 10.1. The van der Waals surface area contributed by atoms with E-state index in [0.29, 0.717) is 35.8 Å². The van der Waals surface area contributed by atoms with Crippen LogP contribution >= 0.6 is 0 Å². The Morgan fingerprint density at radius 1 is 1.07 bits per heavy atom. The van der Waals surface area contributed by atoms with Crippen LogP contribution in [0.4, 0.5) is 0 Å². The Labute approximate surface area is 163 Å². The standard InChI is InChI=1S/C20H21N3O4S/c24-20(13-18-17-5-1-2-6-19(17)27-22-18)21-14-15-7-9-16(10-8-15)28(25,26)23-11-3-4-12-23/h1-2,5-10H,3-4,11-14H2,(H,21,24). The fraction of sp³-hybridized carbons (Fsp3) is 0.300. The average Bonchev–Trinajstić information content (AvgIpc) is 3.38. The second-order valence-electron chi connectivity index (χ2n) is 6.83. The van der Waals surface area contributed by atoms with Crippen LogP contribution in [0.3, 0.4) is 0 Å². The van der Waals surface area contributed by atoms with Crippen molar-refractivity contribution in [1.82, 2.24) is 14.8 Å². The third-order valence-corrected chi connectivity index (χ3v) is 6.81. The van der Waals surface area contributed by atoms with E-state index in [0.717, 1.165) is 23.8 Å². The van der Waals surface area contributed by atoms with Gasteiger partial charge in [0.15, 0.2) is 5.58 Å². The molecule has 0 aliphatic carbocycles. The van der Waals surface area contributed by atoms with Gasteiger partial charge in [-0.25, -0.2) is 8.42 Å². The average molecular weight is 399 g/mol. The third-order valence-electron chi connectivity index (χ3n) is 4.90. The largest absolute Gasteiger partial charge is 0.356 e. The molecule has 8 heteroatoms. The summed E-state index contributed by atoms with van der Waals surface area (Å²) in [6, 6.07) is 14.1. The van der Waals surface area contributed by atoms with E-state index in [4.69, 9.17) is 4.52 Å². The number of para-hydroxylation sites is 1. The molecule has 1 aliphatic rings. The number of benzene rings is 2. The van der Waals surface area contributed by atoms with Crippen LogP contribution in [-0.2, 0) is 27.8 Å². The maximum absolute atomic E-state index is 12.5. The molecule has 28 heavy (non-hydrogen) atoms. The van der Waals surface area contributed by atoms with E-state index in [2.05, 4.69) is 10.5 Å². The number of hydrogen-bond donors (Lipinski definition) is 1. The molecule has 0 unspecified atom stereocenters. The number of fused-ring (bicyclic) bond motifs is 1. The van der Waals surface area contributed by atoms with E-state index in [1.807, 2.05) is 24.3 Å². The monoisotopic (exact) mass is 399 g/mol. The Hall–Kier alpha value is -2.71. The number of nitrogens with one attached hydrogen (secondary N) is 1. The molecule has 1 amide bonds. The van der Waals surface area contributed by atoms with Crippen molar-refractivity contribution >= 4 is 26.9 Å². The lowest BCUT2D eigenvalue weighted by Gasteiger charge is -2.15. The summed E-state index contributed by atoms with van der Waals surface area (Å²) in [5.74, 6) is -0.173. The molecular formula is C20H21N3O4S. The van der Waals surface area contributed by atoms with E-state index in [-0.39, 0.29) is 12.3 Å². The maximum Gasteiger partial charge on any atom is 0.243 e. The Bertz CT molecular complexity index is 1080. The molecule has 3 aromatic rings. The molecule has 0 bridgehead atoms. The second-order valence-corrected chi connectivity index (χ2v) is 8.77. The molecule has 0 saturated carbocycles. The predicted octanol–water partition coefficient (Wildman–Crippen LogP) is 2.47. The van der Waals surface area contributed by atoms with Crippen molar-refractivity contribution in [3.05, 3.63) is 59.8 Å². The molecule has 0 radical (unpaired) electrons. The first-order valence-electron chi connectivity index (χ1n) is 9.23. The second kappa shape index (κ2) is 7.73. The molecule has 7 nitrogen and oxygen atoms in total. The highest BCUT2D eigenvalue weighted by atomic mass is 32.2. The summed E-state index contributed by atoms with van der Waals surface area (Å²) >= 11 is 0. The van der Waals surface area contributed by atoms with E-state index in [1.165, 1.54) is 4.31 Å². The van der Waals surface area contributed by atoms with Gasteiger partial charge in [0, 0.05) is 25.0 Å². The fourth-order valence-electron chi connectivity index (χ4n) is 3.34. The minimum atomic E-state index is -3.41. The normalized spacial score (nSPS) is 15.1. The number of carbonyl (C=O) groups is 1. The minimum absolute atomic E-state index is 0.123. The molecule has 2 aromatic carbocycles. The van der Waals surface area contributed by atoms with Crippen molar-refractivity contribution in [3.8, 4) is 0 Å². The summed E-state index contributed by atoms with van der Waals surface area (Å²) in [6.45, 7) is 1.48. The van der Waals surface area contributed by atoms with Crippen LogP contribution in [0, 0.1) is 0 Å². The highest BCUT2D eigenvalue weighted by molar-refractivity contribution is 7.89. The van der Waals surface area contributed by atoms with Gasteiger partial charge in [0.1, 0.15) is 5.69 Å². The van der Waals surface area contributed by atoms with E-state index in [9.17, 15) is 13.2 Å². The molecule has 4 rings (SSSR count). The molecular weight excluding hydrogens is 378 g/mol. The number of carbonyl (C=O) groups excluding carboxylic acids is 1. The zero-order valence-corrected chi connectivity index (χ0v) is 16.1. The van der Waals surface area contributed by atoms with Crippen molar-refractivity contribution in [2.24, 2.45) is 0 Å². The number of hydrogen-bond acceptors (Lipinski definition) is 5. The summed E-state index contributed by atoms with van der Waals surface area (Å²) in [6.07, 6.45) is 1.94. The lowest BCUT2D eigenvalue weighted by molar-refractivity contribution is -0.120. The summed E-state index contributed by atoms with van der Waals surface area (Å²) in [5, 5.41) is 7.62. The smallest absolute Gasteiger partial charge is 0.243 e. The number of rotatable bonds is 6. The van der Waals surface area contributed by atoms with Gasteiger partial charge in [-0.2, -0.15) is 4.31 Å². The van der Waals surface area contributed by atoms with Crippen LogP contribution in [0.2, 0.25) is 0 Å². The number of sulfonamides is 1. The molecule has 146 valence electrons. The molecule has 0 atom stereocenters. The van der Waals surface area contributed by atoms with Gasteiger partial charge in [-0.1, -0.05) is 29.4 Å². The first-order valence-corrected chi connectivity index (χ1v) is 10.7. The third kappa shape index (κ3) is 3.79. The Morgan fingerprint density at radius 3 is 2.54 bits per heavy atom. The van der Waals surface area contributed by atoms with E-state index in [1.54, 1.807) is 24.3 Å². The quantitative estimate of drug-likeness (QED) is 0.687. The number of aromatic nitrogens is 1. The first-order chi connectivity index (χ1) is 13.5. The molecule has 1 N–H and O–H groups in total. The maximum atomic E-state index is 12.5. The topological polar surface area (TPSA) is 92.5 Å². The zero-order valence-electron chi connectivity index (χ0n) is 15.3. The van der Waals surface area contributed by atoms with Crippen molar-refractivity contribution in [1.29, 1.82) is 0 Å². The molecule has 1 aromatic heterocycles. The predicted molar refractivity (Wildman–Crippen MR) is 104 cm³/mol. The van der Waals surface area contributed by atoms with Gasteiger partial charge in [0.05, 0.1) is 11.3 Å². The minimum Gasteiger partial charge on any atom is -0.356 e. The van der Waals surface area contributed by atoms with Gasteiger partial charge in [-0.05, 0) is 42.7 Å². The first kappa shape index (κ1) is 18.6. The van der Waals surface area contributed by atoms with Crippen LogP contribution in [0.15, 0.2) is 57.9 Å². The van der Waals surface area contributed by atoms with Gasteiger partial charge >= 0.3 is 0 Å². The molecule has 0 spiro atoms. The highest BCUT2D eigenvalue weighted by Gasteiger charge is 2.26. The van der Waals surface area contributed by atoms with Gasteiger partial charge in [0.2, 0.25) is 15.9 Å². The summed E-state index contributed by atoms with van der Waals surface area (Å²) in [7, 11) is -3.41. The van der Waals surface area contributed by atoms with Gasteiger partial charge in [-0.3, -0.25) is 4.79 Å². The van der Waals surface area contributed by atoms with Crippen molar-refractivity contribution in [2.45, 2.75) is 30.7 Å². The zero-order chi connectivity index (χ0) is 19.6. The number of nitrogens with zero attached hydrogens (tertiary/aromatic N) is 2. The lowest BCUT2D eigenvalue weighted by Crippen LogP contribution is -2.28. The Balaban J connectivity index is 1.36. The van der Waals surface area contributed by atoms with Gasteiger partial charge < -0.3 is 9.84 Å². The van der Waals surface area contributed by atoms with Crippen molar-refractivity contribution in [2.75, 3.05) is 13.1 Å². The highest BCUT2D eigenvalue weighted by Crippen LogP contribution is 2.21. The van der Waals surface area contributed by atoms with Crippen LogP contribution in [-0.4, -0.2) is 36.9 Å². The van der Waals surface area contributed by atoms with Crippen LogP contribution in [0.5, 0.6) is 0 Å². The summed E-state index contributed by atoms with van der Waals surface area (Å²) in [5.41, 5.74) is 2.08. The molecule has 1 aliphatic heterocycles. The Kier molecular flexibility index (Phi) is 5.15. The fourth-order valence-corrected chi connectivity index (χ4v) is 4.85. The van der Waals surface area contributed by atoms with Crippen LogP contribution in [0.25, 0.3) is 11.0 Å². The molecule has 1 saturated heterocycles. The SMILES string of the molecule is O=C(Cc1noc2ccccc12)NCc1ccc(S(=O)(=O)N2CCCC2)cc1. The van der Waals surface area contributed by atoms with Crippen molar-refractivity contribution in [3.63, 3.8) is 0 Å². The Morgan fingerprint density at radius 2 is 1.79 bits per heavy atom. The molecule has 1 fully saturated rings.